The predicted molar refractivity (Wildman–Crippen MR) is 58.2 cm³/mol. The van der Waals surface area contributed by atoms with Crippen molar-refractivity contribution in [3.05, 3.63) is 36.5 Å². The molecule has 16 heavy (non-hydrogen) atoms. The number of nitrogens with two attached hydrogens (primary N) is 1. The maximum absolute atomic E-state index is 11.8. The van der Waals surface area contributed by atoms with Crippen LogP contribution in [0, 0.1) is 0 Å². The van der Waals surface area contributed by atoms with E-state index in [1.807, 2.05) is 0 Å². The minimum Gasteiger partial charge on any atom is -0.399 e. The second kappa shape index (κ2) is 3.86. The highest BCUT2D eigenvalue weighted by Gasteiger charge is 2.15. The van der Waals surface area contributed by atoms with Gasteiger partial charge in [-0.2, -0.15) is 0 Å². The van der Waals surface area contributed by atoms with E-state index in [0.717, 1.165) is 0 Å². The summed E-state index contributed by atoms with van der Waals surface area (Å²) in [5.41, 5.74) is 5.96. The Morgan fingerprint density at radius 1 is 1.19 bits per heavy atom. The van der Waals surface area contributed by atoms with Gasteiger partial charge in [0, 0.05) is 11.8 Å². The van der Waals surface area contributed by atoms with Crippen molar-refractivity contribution < 1.29 is 12.9 Å². The van der Waals surface area contributed by atoms with Gasteiger partial charge in [-0.25, -0.2) is 13.1 Å². The van der Waals surface area contributed by atoms with Crippen molar-refractivity contribution in [2.75, 3.05) is 10.5 Å². The lowest BCUT2D eigenvalue weighted by Crippen LogP contribution is -2.12. The Balaban J connectivity index is 2.29. The van der Waals surface area contributed by atoms with Crippen molar-refractivity contribution in [3.8, 4) is 0 Å². The summed E-state index contributed by atoms with van der Waals surface area (Å²) in [5.74, 6) is 0.0665. The number of nitrogen functional groups attached to an aromatic ring is 1. The van der Waals surface area contributed by atoms with Gasteiger partial charge in [-0.05, 0) is 24.3 Å². The van der Waals surface area contributed by atoms with Crippen LogP contribution in [0.1, 0.15) is 0 Å². The van der Waals surface area contributed by atoms with Crippen LogP contribution in [0.25, 0.3) is 0 Å². The number of hydrogen-bond donors (Lipinski definition) is 2. The third-order valence-corrected chi connectivity index (χ3v) is 3.23. The zero-order chi connectivity index (χ0) is 11.6. The molecular weight excluding hydrogens is 230 g/mol. The third-order valence-electron chi connectivity index (χ3n) is 1.86. The van der Waals surface area contributed by atoms with Gasteiger partial charge in [0.05, 0.1) is 11.1 Å². The zero-order valence-electron chi connectivity index (χ0n) is 8.12. The Hall–Kier alpha value is -2.02. The van der Waals surface area contributed by atoms with E-state index in [1.54, 1.807) is 0 Å². The highest BCUT2D eigenvalue weighted by molar-refractivity contribution is 7.92. The van der Waals surface area contributed by atoms with E-state index in [2.05, 4.69) is 14.4 Å². The standard InChI is InChI=1S/C9H9N3O3S/c10-7-1-3-8(4-2-7)16(13,14)12-9-5-6-11-15-9/h1-6,12H,10H2. The molecule has 3 N–H and O–H groups in total. The summed E-state index contributed by atoms with van der Waals surface area (Å²) in [6.07, 6.45) is 1.35. The van der Waals surface area contributed by atoms with Crippen LogP contribution in [0.3, 0.4) is 0 Å². The van der Waals surface area contributed by atoms with Gasteiger partial charge in [0.2, 0.25) is 5.88 Å². The molecule has 7 heteroatoms. The van der Waals surface area contributed by atoms with Crippen molar-refractivity contribution in [2.45, 2.75) is 4.90 Å². The van der Waals surface area contributed by atoms with E-state index in [1.165, 1.54) is 36.5 Å². The third kappa shape index (κ3) is 2.14. The van der Waals surface area contributed by atoms with Gasteiger partial charge in [-0.3, -0.25) is 0 Å². The van der Waals surface area contributed by atoms with Crippen LogP contribution >= 0.6 is 0 Å². The van der Waals surface area contributed by atoms with E-state index in [9.17, 15) is 8.42 Å². The highest BCUT2D eigenvalue weighted by Crippen LogP contribution is 2.16. The van der Waals surface area contributed by atoms with Crippen LogP contribution in [0.4, 0.5) is 11.6 Å². The molecule has 0 saturated carbocycles. The fourth-order valence-electron chi connectivity index (χ4n) is 1.11. The van der Waals surface area contributed by atoms with Gasteiger partial charge in [-0.15, -0.1) is 0 Å². The van der Waals surface area contributed by atoms with Crippen molar-refractivity contribution in [1.82, 2.24) is 5.16 Å². The van der Waals surface area contributed by atoms with Crippen molar-refractivity contribution in [2.24, 2.45) is 0 Å². The Labute approximate surface area is 92.1 Å². The molecule has 0 amide bonds. The van der Waals surface area contributed by atoms with E-state index in [4.69, 9.17) is 5.73 Å². The van der Waals surface area contributed by atoms with Crippen LogP contribution in [0.2, 0.25) is 0 Å². The lowest BCUT2D eigenvalue weighted by Gasteiger charge is -2.04. The van der Waals surface area contributed by atoms with Crippen LogP contribution < -0.4 is 10.5 Å². The molecule has 2 aromatic rings. The number of rotatable bonds is 3. The first-order valence-electron chi connectivity index (χ1n) is 4.37. The van der Waals surface area contributed by atoms with Crippen LogP contribution in [-0.4, -0.2) is 13.6 Å². The molecule has 0 aliphatic rings. The van der Waals surface area contributed by atoms with E-state index in [-0.39, 0.29) is 10.8 Å². The second-order valence-corrected chi connectivity index (χ2v) is 4.73. The molecule has 0 saturated heterocycles. The highest BCUT2D eigenvalue weighted by atomic mass is 32.2. The first-order chi connectivity index (χ1) is 7.58. The number of anilines is 2. The van der Waals surface area contributed by atoms with E-state index >= 15 is 0 Å². The number of sulfonamides is 1. The molecule has 1 aromatic heterocycles. The molecule has 0 spiro atoms. The van der Waals surface area contributed by atoms with Crippen molar-refractivity contribution >= 4 is 21.6 Å². The minimum absolute atomic E-state index is 0.0665. The summed E-state index contributed by atoms with van der Waals surface area (Å²) in [7, 11) is -3.64. The minimum atomic E-state index is -3.64. The molecule has 0 aliphatic heterocycles. The number of hydrogen-bond acceptors (Lipinski definition) is 5. The quantitative estimate of drug-likeness (QED) is 0.780. The topological polar surface area (TPSA) is 98.2 Å². The molecule has 1 heterocycles. The van der Waals surface area contributed by atoms with Gasteiger partial charge >= 0.3 is 0 Å². The van der Waals surface area contributed by atoms with Crippen molar-refractivity contribution in [1.29, 1.82) is 0 Å². The molecule has 0 fully saturated rings. The summed E-state index contributed by atoms with van der Waals surface area (Å²) >= 11 is 0. The van der Waals surface area contributed by atoms with Gasteiger partial charge < -0.3 is 10.3 Å². The normalized spacial score (nSPS) is 11.2. The molecule has 84 valence electrons. The maximum Gasteiger partial charge on any atom is 0.264 e. The lowest BCUT2D eigenvalue weighted by atomic mass is 10.3. The molecule has 0 atom stereocenters. The lowest BCUT2D eigenvalue weighted by molar-refractivity contribution is 0.435. The fourth-order valence-corrected chi connectivity index (χ4v) is 2.09. The number of aromatic nitrogens is 1. The molecular formula is C9H9N3O3S. The molecule has 0 unspecified atom stereocenters. The average Bonchev–Trinajstić information content (AvgIpc) is 2.70. The maximum atomic E-state index is 11.8. The molecule has 0 radical (unpaired) electrons. The summed E-state index contributed by atoms with van der Waals surface area (Å²) in [4.78, 5) is 0.109. The fraction of sp³-hybridized carbons (Fsp3) is 0. The van der Waals surface area contributed by atoms with Gasteiger partial charge in [0.1, 0.15) is 0 Å². The Kier molecular flexibility index (Phi) is 2.53. The molecule has 0 aliphatic carbocycles. The molecule has 2 rings (SSSR count). The predicted octanol–water partition coefficient (Wildman–Crippen LogP) is 1.06. The Morgan fingerprint density at radius 2 is 1.88 bits per heavy atom. The summed E-state index contributed by atoms with van der Waals surface area (Å²) in [6, 6.07) is 7.25. The molecule has 6 nitrogen and oxygen atoms in total. The number of nitrogens with zero attached hydrogens (tertiary/aromatic N) is 1. The van der Waals surface area contributed by atoms with Crippen molar-refractivity contribution in [3.63, 3.8) is 0 Å². The number of benzene rings is 1. The first-order valence-corrected chi connectivity index (χ1v) is 5.85. The molecule has 1 aromatic carbocycles. The monoisotopic (exact) mass is 239 g/mol. The van der Waals surface area contributed by atoms with E-state index in [0.29, 0.717) is 5.69 Å². The first kappa shape index (κ1) is 10.5. The summed E-state index contributed by atoms with van der Waals surface area (Å²) in [5, 5.41) is 3.39. The van der Waals surface area contributed by atoms with Gasteiger partial charge in [0.15, 0.2) is 0 Å². The van der Waals surface area contributed by atoms with Crippen LogP contribution in [-0.2, 0) is 10.0 Å². The average molecular weight is 239 g/mol. The largest absolute Gasteiger partial charge is 0.399 e. The summed E-state index contributed by atoms with van der Waals surface area (Å²) in [6.45, 7) is 0. The Bertz CT molecular complexity index is 561. The SMILES string of the molecule is Nc1ccc(S(=O)(=O)Nc2ccno2)cc1. The van der Waals surface area contributed by atoms with Gasteiger partial charge in [0.25, 0.3) is 10.0 Å². The van der Waals surface area contributed by atoms with E-state index < -0.39 is 10.0 Å². The number of nitrogens with one attached hydrogen (secondary N) is 1. The van der Waals surface area contributed by atoms with Gasteiger partial charge in [-0.1, -0.05) is 5.16 Å². The zero-order valence-corrected chi connectivity index (χ0v) is 8.94. The summed E-state index contributed by atoms with van der Waals surface area (Å²) < 4.78 is 30.4. The second-order valence-electron chi connectivity index (χ2n) is 3.05. The molecule has 0 bridgehead atoms. The smallest absolute Gasteiger partial charge is 0.264 e. The van der Waals surface area contributed by atoms with Crippen LogP contribution in [0.15, 0.2) is 45.9 Å². The van der Waals surface area contributed by atoms with Crippen LogP contribution in [0.5, 0.6) is 0 Å². The Morgan fingerprint density at radius 3 is 2.44 bits per heavy atom.